The van der Waals surface area contributed by atoms with E-state index in [-0.39, 0.29) is 41.7 Å². The monoisotopic (exact) mass is 472 g/mol. The van der Waals surface area contributed by atoms with E-state index >= 15 is 0 Å². The van der Waals surface area contributed by atoms with E-state index in [4.69, 9.17) is 9.47 Å². The van der Waals surface area contributed by atoms with Crippen molar-refractivity contribution in [3.63, 3.8) is 0 Å². The summed E-state index contributed by atoms with van der Waals surface area (Å²) in [5.41, 5.74) is 1.52. The molecular formula is C31H36O4. The second-order valence-electron chi connectivity index (χ2n) is 11.3. The molecule has 0 radical (unpaired) electrons. The molecule has 0 amide bonds. The number of rotatable bonds is 6. The lowest BCUT2D eigenvalue weighted by Gasteiger charge is -2.31. The highest BCUT2D eigenvalue weighted by molar-refractivity contribution is 5.98. The van der Waals surface area contributed by atoms with Crippen LogP contribution in [0.25, 0.3) is 21.5 Å². The van der Waals surface area contributed by atoms with Crippen LogP contribution in [0.2, 0.25) is 0 Å². The summed E-state index contributed by atoms with van der Waals surface area (Å²) in [6, 6.07) is 17.3. The number of hydrogen-bond acceptors (Lipinski definition) is 4. The molecule has 5 rings (SSSR count). The van der Waals surface area contributed by atoms with Crippen LogP contribution in [0, 0.1) is 30.6 Å². The largest absolute Gasteiger partial charge is 0.462 e. The van der Waals surface area contributed by atoms with Crippen LogP contribution in [0.3, 0.4) is 0 Å². The van der Waals surface area contributed by atoms with Crippen molar-refractivity contribution in [3.05, 3.63) is 59.7 Å². The zero-order valence-corrected chi connectivity index (χ0v) is 21.5. The maximum atomic E-state index is 13.2. The van der Waals surface area contributed by atoms with E-state index in [0.29, 0.717) is 0 Å². The van der Waals surface area contributed by atoms with Crippen molar-refractivity contribution >= 4 is 33.5 Å². The number of esters is 2. The van der Waals surface area contributed by atoms with Crippen molar-refractivity contribution in [2.75, 3.05) is 0 Å². The second-order valence-corrected chi connectivity index (χ2v) is 11.3. The molecule has 0 heterocycles. The Morgan fingerprint density at radius 2 is 1.60 bits per heavy atom. The van der Waals surface area contributed by atoms with Gasteiger partial charge in [0.25, 0.3) is 0 Å². The SMILES string of the molecule is CCC(C)C(=O)OC1CC2CC1CC2C(=O)OC(C)(C)c1ccc2cc3cc(C)ccc3cc2c1. The van der Waals surface area contributed by atoms with E-state index in [0.717, 1.165) is 36.6 Å². The van der Waals surface area contributed by atoms with E-state index < -0.39 is 5.60 Å². The highest BCUT2D eigenvalue weighted by Crippen LogP contribution is 2.51. The fourth-order valence-electron chi connectivity index (χ4n) is 5.97. The molecule has 4 nitrogen and oxygen atoms in total. The highest BCUT2D eigenvalue weighted by atomic mass is 16.6. The average Bonchev–Trinajstić information content (AvgIpc) is 3.42. The summed E-state index contributed by atoms with van der Waals surface area (Å²) in [5, 5.41) is 4.77. The van der Waals surface area contributed by atoms with E-state index in [2.05, 4.69) is 55.5 Å². The Morgan fingerprint density at radius 3 is 2.26 bits per heavy atom. The number of fused-ring (bicyclic) bond motifs is 4. The second kappa shape index (κ2) is 8.96. The first kappa shape index (κ1) is 23.8. The first-order chi connectivity index (χ1) is 16.6. The van der Waals surface area contributed by atoms with Gasteiger partial charge in [0.05, 0.1) is 11.8 Å². The zero-order chi connectivity index (χ0) is 24.9. The minimum absolute atomic E-state index is 0.0438. The lowest BCUT2D eigenvalue weighted by Crippen LogP contribution is -2.35. The van der Waals surface area contributed by atoms with Gasteiger partial charge in [0.15, 0.2) is 0 Å². The van der Waals surface area contributed by atoms with Gasteiger partial charge >= 0.3 is 11.9 Å². The number of ether oxygens (including phenoxy) is 2. The molecule has 4 heteroatoms. The standard InChI is InChI=1S/C31H36O4/c1-6-19(3)29(32)34-28-17-24-14-25(28)16-27(24)30(33)35-31(4,5)26-10-9-21-12-22-11-18(2)7-8-20(22)13-23(21)15-26/h7-13,15,19,24-25,27-28H,6,14,16-17H2,1-5H3. The van der Waals surface area contributed by atoms with Crippen LogP contribution >= 0.6 is 0 Å². The maximum Gasteiger partial charge on any atom is 0.310 e. The number of carbonyl (C=O) groups is 2. The van der Waals surface area contributed by atoms with Crippen molar-refractivity contribution in [3.8, 4) is 0 Å². The maximum absolute atomic E-state index is 13.2. The van der Waals surface area contributed by atoms with Crippen LogP contribution in [0.1, 0.15) is 64.5 Å². The molecule has 0 aliphatic heterocycles. The van der Waals surface area contributed by atoms with E-state index in [1.165, 1.54) is 21.7 Å². The topological polar surface area (TPSA) is 52.6 Å². The van der Waals surface area contributed by atoms with Crippen LogP contribution in [0.15, 0.2) is 48.5 Å². The Balaban J connectivity index is 1.28. The minimum atomic E-state index is -0.724. The molecule has 0 spiro atoms. The van der Waals surface area contributed by atoms with Crippen molar-refractivity contribution in [1.82, 2.24) is 0 Å². The quantitative estimate of drug-likeness (QED) is 0.284. The van der Waals surface area contributed by atoms with Crippen molar-refractivity contribution in [2.45, 2.75) is 72.0 Å². The molecule has 3 aromatic carbocycles. The number of hydrogen-bond donors (Lipinski definition) is 0. The van der Waals surface area contributed by atoms with Gasteiger partial charge in [0, 0.05) is 0 Å². The lowest BCUT2D eigenvalue weighted by atomic mass is 9.86. The van der Waals surface area contributed by atoms with Crippen LogP contribution < -0.4 is 0 Å². The molecule has 0 saturated heterocycles. The molecule has 2 aliphatic rings. The Hall–Kier alpha value is -2.88. The van der Waals surface area contributed by atoms with Crippen molar-refractivity contribution in [1.29, 1.82) is 0 Å². The molecule has 5 atom stereocenters. The number of benzene rings is 3. The molecule has 0 N–H and O–H groups in total. The Bertz CT molecular complexity index is 1290. The van der Waals surface area contributed by atoms with Gasteiger partial charge in [0.2, 0.25) is 0 Å². The predicted molar refractivity (Wildman–Crippen MR) is 139 cm³/mol. The molecule has 3 aromatic rings. The summed E-state index contributed by atoms with van der Waals surface area (Å²) >= 11 is 0. The summed E-state index contributed by atoms with van der Waals surface area (Å²) in [7, 11) is 0. The summed E-state index contributed by atoms with van der Waals surface area (Å²) in [6.45, 7) is 9.97. The smallest absolute Gasteiger partial charge is 0.310 e. The summed E-state index contributed by atoms with van der Waals surface area (Å²) in [4.78, 5) is 25.5. The molecule has 0 aromatic heterocycles. The Kier molecular flexibility index (Phi) is 6.11. The van der Waals surface area contributed by atoms with Gasteiger partial charge in [-0.05, 0) is 104 Å². The number of carbonyl (C=O) groups excluding carboxylic acids is 2. The van der Waals surface area contributed by atoms with E-state index in [9.17, 15) is 9.59 Å². The highest BCUT2D eigenvalue weighted by Gasteiger charge is 2.51. The Morgan fingerprint density at radius 1 is 0.914 bits per heavy atom. The molecule has 5 unspecified atom stereocenters. The zero-order valence-electron chi connectivity index (χ0n) is 21.5. The van der Waals surface area contributed by atoms with Crippen molar-refractivity contribution < 1.29 is 19.1 Å². The molecule has 35 heavy (non-hydrogen) atoms. The summed E-state index contributed by atoms with van der Waals surface area (Å²) < 4.78 is 11.9. The lowest BCUT2D eigenvalue weighted by molar-refractivity contribution is -0.166. The molecule has 2 saturated carbocycles. The van der Waals surface area contributed by atoms with E-state index in [1.807, 2.05) is 27.7 Å². The third kappa shape index (κ3) is 4.55. The van der Waals surface area contributed by atoms with Gasteiger partial charge < -0.3 is 9.47 Å². The molecule has 2 fully saturated rings. The van der Waals surface area contributed by atoms with Gasteiger partial charge in [-0.25, -0.2) is 0 Å². The van der Waals surface area contributed by atoms with Crippen LogP contribution in [0.4, 0.5) is 0 Å². The fourth-order valence-corrected chi connectivity index (χ4v) is 5.97. The fraction of sp³-hybridized carbons (Fsp3) is 0.484. The van der Waals surface area contributed by atoms with Gasteiger partial charge in [-0.2, -0.15) is 0 Å². The summed E-state index contributed by atoms with van der Waals surface area (Å²) in [5.74, 6) is 0.105. The molecule has 2 bridgehead atoms. The third-order valence-corrected chi connectivity index (χ3v) is 8.38. The van der Waals surface area contributed by atoms with Crippen LogP contribution in [-0.4, -0.2) is 18.0 Å². The number of aryl methyl sites for hydroxylation is 1. The molecule has 2 aliphatic carbocycles. The van der Waals surface area contributed by atoms with Crippen LogP contribution in [-0.2, 0) is 24.7 Å². The predicted octanol–water partition coefficient (Wildman–Crippen LogP) is 7.08. The Labute approximate surface area is 208 Å². The van der Waals surface area contributed by atoms with Crippen molar-refractivity contribution in [2.24, 2.45) is 23.7 Å². The van der Waals surface area contributed by atoms with E-state index in [1.54, 1.807) is 0 Å². The van der Waals surface area contributed by atoms with Gasteiger partial charge in [-0.3, -0.25) is 9.59 Å². The van der Waals surface area contributed by atoms with Gasteiger partial charge in [-0.1, -0.05) is 49.7 Å². The normalized spacial score (nSPS) is 24.6. The first-order valence-electron chi connectivity index (χ1n) is 13.0. The minimum Gasteiger partial charge on any atom is -0.462 e. The van der Waals surface area contributed by atoms with Gasteiger partial charge in [0.1, 0.15) is 11.7 Å². The third-order valence-electron chi connectivity index (χ3n) is 8.38. The summed E-state index contributed by atoms with van der Waals surface area (Å²) in [6.07, 6.45) is 3.21. The van der Waals surface area contributed by atoms with Gasteiger partial charge in [-0.15, -0.1) is 0 Å². The average molecular weight is 473 g/mol. The first-order valence-corrected chi connectivity index (χ1v) is 13.0. The van der Waals surface area contributed by atoms with Crippen LogP contribution in [0.5, 0.6) is 0 Å². The molecular weight excluding hydrogens is 436 g/mol. The molecule has 184 valence electrons.